The number of aryl methyl sites for hydroxylation is 4. The van der Waals surface area contributed by atoms with E-state index in [2.05, 4.69) is 44.2 Å². The average molecular weight is 519 g/mol. The summed E-state index contributed by atoms with van der Waals surface area (Å²) >= 11 is 0. The Bertz CT molecular complexity index is 1980. The summed E-state index contributed by atoms with van der Waals surface area (Å²) in [6.45, 7) is 8.08. The van der Waals surface area contributed by atoms with Crippen molar-refractivity contribution in [3.05, 3.63) is 119 Å². The van der Waals surface area contributed by atoms with Gasteiger partial charge in [-0.3, -0.25) is 9.97 Å². The molecule has 6 aromatic rings. The SMILES string of the molecule is Cc1ccc(C)c(-c2ccc3cc(C#N)ccc3n2)n1.Cc1cnc(-c2ccc3cc(C#N)ccc3n2)c(C)c1. The Morgan fingerprint density at radius 3 is 1.68 bits per heavy atom. The van der Waals surface area contributed by atoms with Crippen molar-refractivity contribution in [1.29, 1.82) is 10.5 Å². The molecule has 6 nitrogen and oxygen atoms in total. The van der Waals surface area contributed by atoms with E-state index in [4.69, 9.17) is 10.5 Å². The van der Waals surface area contributed by atoms with Crippen molar-refractivity contribution < 1.29 is 0 Å². The van der Waals surface area contributed by atoms with Crippen LogP contribution in [0.4, 0.5) is 0 Å². The van der Waals surface area contributed by atoms with Crippen molar-refractivity contribution in [1.82, 2.24) is 19.9 Å². The second-order valence-electron chi connectivity index (χ2n) is 9.73. The standard InChI is InChI=1S/2C17H13N3/c1-11-7-12(2)17(19-10-11)16-6-4-14-8-13(9-18)3-5-15(14)20-16;1-11-3-4-12(2)19-17(11)16-8-6-14-9-13(10-18)5-7-15(14)20-16/h3-8,10H,1-2H3;3-9H,1-2H3. The summed E-state index contributed by atoms with van der Waals surface area (Å²) in [5, 5.41) is 19.8. The third-order valence-electron chi connectivity index (χ3n) is 6.57. The number of fused-ring (bicyclic) bond motifs is 2. The summed E-state index contributed by atoms with van der Waals surface area (Å²) in [6, 6.07) is 29.4. The number of nitriles is 2. The zero-order valence-electron chi connectivity index (χ0n) is 22.8. The molecular weight excluding hydrogens is 492 g/mol. The number of pyridine rings is 4. The highest BCUT2D eigenvalue weighted by molar-refractivity contribution is 5.83. The van der Waals surface area contributed by atoms with Gasteiger partial charge in [0, 0.05) is 22.7 Å². The molecule has 0 aliphatic rings. The van der Waals surface area contributed by atoms with Gasteiger partial charge in [0.25, 0.3) is 0 Å². The lowest BCUT2D eigenvalue weighted by molar-refractivity contribution is 1.16. The fourth-order valence-electron chi connectivity index (χ4n) is 4.52. The molecule has 0 atom stereocenters. The number of benzene rings is 2. The minimum atomic E-state index is 0.650. The monoisotopic (exact) mass is 518 g/mol. The third kappa shape index (κ3) is 5.53. The highest BCUT2D eigenvalue weighted by Gasteiger charge is 2.08. The van der Waals surface area contributed by atoms with Crippen LogP contribution in [-0.2, 0) is 0 Å². The van der Waals surface area contributed by atoms with Gasteiger partial charge in [-0.15, -0.1) is 0 Å². The molecule has 0 saturated heterocycles. The molecule has 0 bridgehead atoms. The van der Waals surface area contributed by atoms with Crippen LogP contribution >= 0.6 is 0 Å². The minimum Gasteiger partial charge on any atom is -0.254 e. The zero-order chi connectivity index (χ0) is 28.2. The predicted octanol–water partition coefficient (Wildman–Crippen LogP) is 7.57. The number of nitrogens with zero attached hydrogens (tertiary/aromatic N) is 6. The van der Waals surface area contributed by atoms with Crippen LogP contribution in [0.2, 0.25) is 0 Å². The van der Waals surface area contributed by atoms with Crippen LogP contribution in [0.3, 0.4) is 0 Å². The first-order chi connectivity index (χ1) is 19.3. The third-order valence-corrected chi connectivity index (χ3v) is 6.57. The summed E-state index contributed by atoms with van der Waals surface area (Å²) in [6.07, 6.45) is 1.85. The van der Waals surface area contributed by atoms with Gasteiger partial charge in [-0.05, 0) is 99.0 Å². The zero-order valence-corrected chi connectivity index (χ0v) is 22.8. The highest BCUT2D eigenvalue weighted by atomic mass is 14.8. The Labute approximate surface area is 233 Å². The molecule has 0 fully saturated rings. The fourth-order valence-corrected chi connectivity index (χ4v) is 4.52. The second kappa shape index (κ2) is 11.1. The Balaban J connectivity index is 0.000000161. The first-order valence-electron chi connectivity index (χ1n) is 12.8. The Hall–Kier alpha value is -5.46. The van der Waals surface area contributed by atoms with E-state index in [9.17, 15) is 0 Å². The van der Waals surface area contributed by atoms with Gasteiger partial charge in [0.1, 0.15) is 0 Å². The smallest absolute Gasteiger partial charge is 0.0991 e. The van der Waals surface area contributed by atoms with Gasteiger partial charge in [0.05, 0.1) is 57.1 Å². The second-order valence-corrected chi connectivity index (χ2v) is 9.73. The molecule has 0 aliphatic heterocycles. The van der Waals surface area contributed by atoms with Crippen molar-refractivity contribution in [2.75, 3.05) is 0 Å². The van der Waals surface area contributed by atoms with E-state index in [0.717, 1.165) is 67.0 Å². The molecule has 4 heterocycles. The lowest BCUT2D eigenvalue weighted by Crippen LogP contribution is -1.93. The summed E-state index contributed by atoms with van der Waals surface area (Å²) < 4.78 is 0. The fraction of sp³-hybridized carbons (Fsp3) is 0.118. The Kier molecular flexibility index (Phi) is 7.27. The molecule has 6 heteroatoms. The molecule has 0 aliphatic carbocycles. The van der Waals surface area contributed by atoms with Crippen molar-refractivity contribution in [2.24, 2.45) is 0 Å². The van der Waals surface area contributed by atoms with E-state index in [1.54, 1.807) is 12.1 Å². The molecule has 0 amide bonds. The molecule has 2 aromatic carbocycles. The molecule has 0 spiro atoms. The molecular formula is C34H26N6. The van der Waals surface area contributed by atoms with Gasteiger partial charge < -0.3 is 0 Å². The Morgan fingerprint density at radius 2 is 1.12 bits per heavy atom. The molecule has 40 heavy (non-hydrogen) atoms. The largest absolute Gasteiger partial charge is 0.254 e. The van der Waals surface area contributed by atoms with E-state index >= 15 is 0 Å². The molecule has 0 unspecified atom stereocenters. The molecule has 0 N–H and O–H groups in total. The van der Waals surface area contributed by atoms with Crippen LogP contribution in [0.15, 0.2) is 85.1 Å². The van der Waals surface area contributed by atoms with E-state index < -0.39 is 0 Å². The first kappa shape index (κ1) is 26.2. The lowest BCUT2D eigenvalue weighted by atomic mass is 10.1. The molecule has 4 aromatic heterocycles. The molecule has 0 saturated carbocycles. The Morgan fingerprint density at radius 1 is 0.550 bits per heavy atom. The quantitative estimate of drug-likeness (QED) is 0.234. The maximum absolute atomic E-state index is 8.92. The van der Waals surface area contributed by atoms with Gasteiger partial charge >= 0.3 is 0 Å². The predicted molar refractivity (Wildman–Crippen MR) is 158 cm³/mol. The van der Waals surface area contributed by atoms with Gasteiger partial charge in [0.2, 0.25) is 0 Å². The summed E-state index contributed by atoms with van der Waals surface area (Å²) in [4.78, 5) is 18.3. The van der Waals surface area contributed by atoms with E-state index in [1.165, 1.54) is 0 Å². The first-order valence-corrected chi connectivity index (χ1v) is 12.8. The summed E-state index contributed by atoms with van der Waals surface area (Å²) in [5.41, 5.74) is 10.9. The van der Waals surface area contributed by atoms with Gasteiger partial charge in [-0.2, -0.15) is 10.5 Å². The van der Waals surface area contributed by atoms with E-state index in [1.807, 2.05) is 88.5 Å². The molecule has 6 rings (SSSR count). The van der Waals surface area contributed by atoms with Crippen LogP contribution in [-0.4, -0.2) is 19.9 Å². The van der Waals surface area contributed by atoms with E-state index in [0.29, 0.717) is 11.1 Å². The average Bonchev–Trinajstić information content (AvgIpc) is 2.97. The maximum Gasteiger partial charge on any atom is 0.0991 e. The topological polar surface area (TPSA) is 99.1 Å². The lowest BCUT2D eigenvalue weighted by Gasteiger charge is -2.07. The van der Waals surface area contributed by atoms with Crippen LogP contribution in [0.5, 0.6) is 0 Å². The van der Waals surface area contributed by atoms with E-state index in [-0.39, 0.29) is 0 Å². The number of aromatic nitrogens is 4. The normalized spacial score (nSPS) is 10.4. The highest BCUT2D eigenvalue weighted by Crippen LogP contribution is 2.24. The molecule has 192 valence electrons. The van der Waals surface area contributed by atoms with Crippen LogP contribution in [0, 0.1) is 50.4 Å². The van der Waals surface area contributed by atoms with Crippen molar-refractivity contribution in [3.63, 3.8) is 0 Å². The number of hydrogen-bond donors (Lipinski definition) is 0. The number of rotatable bonds is 2. The van der Waals surface area contributed by atoms with Crippen LogP contribution in [0.1, 0.15) is 33.5 Å². The summed E-state index contributed by atoms with van der Waals surface area (Å²) in [5.74, 6) is 0. The van der Waals surface area contributed by atoms with Gasteiger partial charge in [-0.1, -0.05) is 24.3 Å². The van der Waals surface area contributed by atoms with Gasteiger partial charge in [0.15, 0.2) is 0 Å². The van der Waals surface area contributed by atoms with Gasteiger partial charge in [-0.25, -0.2) is 9.97 Å². The summed E-state index contributed by atoms with van der Waals surface area (Å²) in [7, 11) is 0. The maximum atomic E-state index is 8.92. The number of hydrogen-bond acceptors (Lipinski definition) is 6. The van der Waals surface area contributed by atoms with Crippen molar-refractivity contribution in [3.8, 4) is 34.9 Å². The van der Waals surface area contributed by atoms with Crippen LogP contribution in [0.25, 0.3) is 44.6 Å². The molecule has 0 radical (unpaired) electrons. The van der Waals surface area contributed by atoms with Crippen LogP contribution < -0.4 is 0 Å². The van der Waals surface area contributed by atoms with Crippen molar-refractivity contribution in [2.45, 2.75) is 27.7 Å². The minimum absolute atomic E-state index is 0.650. The van der Waals surface area contributed by atoms with Crippen molar-refractivity contribution >= 4 is 21.8 Å².